The van der Waals surface area contributed by atoms with Crippen molar-refractivity contribution in [2.45, 2.75) is 13.0 Å². The second-order valence-corrected chi connectivity index (χ2v) is 2.95. The lowest BCUT2D eigenvalue weighted by atomic mass is 10.3. The minimum atomic E-state index is -1.06. The SMILES string of the molecule is CC(N)COc1ncccc1C(=O)O. The maximum absolute atomic E-state index is 10.7. The third kappa shape index (κ3) is 2.70. The molecule has 0 aliphatic carbocycles. The van der Waals surface area contributed by atoms with Crippen LogP contribution < -0.4 is 10.5 Å². The van der Waals surface area contributed by atoms with E-state index in [0.717, 1.165) is 0 Å². The molecule has 14 heavy (non-hydrogen) atoms. The van der Waals surface area contributed by atoms with Crippen LogP contribution in [-0.4, -0.2) is 28.7 Å². The van der Waals surface area contributed by atoms with Gasteiger partial charge in [0.25, 0.3) is 0 Å². The molecule has 0 saturated carbocycles. The van der Waals surface area contributed by atoms with E-state index in [-0.39, 0.29) is 24.1 Å². The van der Waals surface area contributed by atoms with Gasteiger partial charge in [-0.2, -0.15) is 0 Å². The van der Waals surface area contributed by atoms with Gasteiger partial charge in [0.05, 0.1) is 0 Å². The van der Waals surface area contributed by atoms with E-state index in [1.54, 1.807) is 13.0 Å². The summed E-state index contributed by atoms with van der Waals surface area (Å²) in [6, 6.07) is 2.83. The third-order valence-electron chi connectivity index (χ3n) is 1.48. The number of pyridine rings is 1. The molecule has 76 valence electrons. The number of aromatic carboxylic acids is 1. The van der Waals surface area contributed by atoms with Crippen molar-refractivity contribution in [3.8, 4) is 5.88 Å². The Morgan fingerprint density at radius 3 is 3.07 bits per heavy atom. The average molecular weight is 196 g/mol. The second-order valence-electron chi connectivity index (χ2n) is 2.95. The van der Waals surface area contributed by atoms with Crippen LogP contribution in [0.15, 0.2) is 18.3 Å². The second kappa shape index (κ2) is 4.57. The third-order valence-corrected chi connectivity index (χ3v) is 1.48. The van der Waals surface area contributed by atoms with Gasteiger partial charge in [-0.25, -0.2) is 9.78 Å². The van der Waals surface area contributed by atoms with E-state index < -0.39 is 5.97 Å². The van der Waals surface area contributed by atoms with Crippen LogP contribution in [0.3, 0.4) is 0 Å². The lowest BCUT2D eigenvalue weighted by Gasteiger charge is -2.09. The van der Waals surface area contributed by atoms with Crippen LogP contribution in [-0.2, 0) is 0 Å². The molecule has 1 aromatic rings. The van der Waals surface area contributed by atoms with E-state index in [1.165, 1.54) is 12.3 Å². The highest BCUT2D eigenvalue weighted by molar-refractivity contribution is 5.90. The minimum absolute atomic E-state index is 0.0492. The molecule has 0 amide bonds. The molecule has 1 heterocycles. The largest absolute Gasteiger partial charge is 0.477 e. The zero-order chi connectivity index (χ0) is 10.6. The number of nitrogens with zero attached hydrogens (tertiary/aromatic N) is 1. The monoisotopic (exact) mass is 196 g/mol. The predicted octanol–water partition coefficient (Wildman–Crippen LogP) is 0.506. The smallest absolute Gasteiger partial charge is 0.341 e. The summed E-state index contributed by atoms with van der Waals surface area (Å²) >= 11 is 0. The first-order valence-corrected chi connectivity index (χ1v) is 4.18. The molecule has 1 unspecified atom stereocenters. The molecule has 0 aromatic carbocycles. The molecular weight excluding hydrogens is 184 g/mol. The number of ether oxygens (including phenoxy) is 1. The molecule has 5 nitrogen and oxygen atoms in total. The zero-order valence-corrected chi connectivity index (χ0v) is 7.80. The van der Waals surface area contributed by atoms with Crippen LogP contribution >= 0.6 is 0 Å². The fourth-order valence-electron chi connectivity index (χ4n) is 0.879. The summed E-state index contributed by atoms with van der Waals surface area (Å²) in [5.74, 6) is -0.949. The highest BCUT2D eigenvalue weighted by Gasteiger charge is 2.11. The minimum Gasteiger partial charge on any atom is -0.477 e. The lowest BCUT2D eigenvalue weighted by molar-refractivity contribution is 0.0691. The standard InChI is InChI=1S/C9H12N2O3/c1-6(10)5-14-8-7(9(12)13)3-2-4-11-8/h2-4,6H,5,10H2,1H3,(H,12,13). The van der Waals surface area contributed by atoms with E-state index in [0.29, 0.717) is 0 Å². The molecular formula is C9H12N2O3. The van der Waals surface area contributed by atoms with Crippen LogP contribution in [0.4, 0.5) is 0 Å². The topological polar surface area (TPSA) is 85.4 Å². The van der Waals surface area contributed by atoms with Crippen molar-refractivity contribution in [2.24, 2.45) is 5.73 Å². The van der Waals surface area contributed by atoms with Crippen molar-refractivity contribution in [3.63, 3.8) is 0 Å². The Kier molecular flexibility index (Phi) is 3.41. The Morgan fingerprint density at radius 2 is 2.50 bits per heavy atom. The summed E-state index contributed by atoms with van der Waals surface area (Å²) in [6.07, 6.45) is 1.48. The van der Waals surface area contributed by atoms with Gasteiger partial charge in [-0.1, -0.05) is 0 Å². The molecule has 0 spiro atoms. The first-order valence-electron chi connectivity index (χ1n) is 4.18. The van der Waals surface area contributed by atoms with Gasteiger partial charge in [0, 0.05) is 12.2 Å². The Balaban J connectivity index is 2.79. The number of carboxylic acids is 1. The van der Waals surface area contributed by atoms with E-state index in [4.69, 9.17) is 15.6 Å². The van der Waals surface area contributed by atoms with Gasteiger partial charge in [-0.15, -0.1) is 0 Å². The molecule has 0 aliphatic rings. The van der Waals surface area contributed by atoms with E-state index in [2.05, 4.69) is 4.98 Å². The van der Waals surface area contributed by atoms with Gasteiger partial charge in [-0.3, -0.25) is 0 Å². The van der Waals surface area contributed by atoms with Crippen molar-refractivity contribution in [3.05, 3.63) is 23.9 Å². The van der Waals surface area contributed by atoms with Gasteiger partial charge in [-0.05, 0) is 19.1 Å². The molecule has 0 radical (unpaired) electrons. The average Bonchev–Trinajstić information content (AvgIpc) is 2.15. The van der Waals surface area contributed by atoms with Crippen LogP contribution in [0.5, 0.6) is 5.88 Å². The number of nitrogens with two attached hydrogens (primary N) is 1. The van der Waals surface area contributed by atoms with Gasteiger partial charge in [0.15, 0.2) is 0 Å². The summed E-state index contributed by atoms with van der Waals surface area (Å²) < 4.78 is 5.14. The molecule has 0 saturated heterocycles. The van der Waals surface area contributed by atoms with E-state index in [1.807, 2.05) is 0 Å². The number of carbonyl (C=O) groups is 1. The summed E-state index contributed by atoms with van der Waals surface area (Å²) in [5.41, 5.74) is 5.52. The van der Waals surface area contributed by atoms with E-state index >= 15 is 0 Å². The van der Waals surface area contributed by atoms with Gasteiger partial charge in [0.2, 0.25) is 5.88 Å². The zero-order valence-electron chi connectivity index (χ0n) is 7.80. The number of hydrogen-bond acceptors (Lipinski definition) is 4. The highest BCUT2D eigenvalue weighted by atomic mass is 16.5. The predicted molar refractivity (Wildman–Crippen MR) is 50.3 cm³/mol. The number of carboxylic acid groups (broad SMARTS) is 1. The van der Waals surface area contributed by atoms with Crippen LogP contribution in [0.25, 0.3) is 0 Å². The summed E-state index contributed by atoms with van der Waals surface area (Å²) in [6.45, 7) is 2.01. The fourth-order valence-corrected chi connectivity index (χ4v) is 0.879. The summed E-state index contributed by atoms with van der Waals surface area (Å²) in [7, 11) is 0. The Hall–Kier alpha value is -1.62. The maximum atomic E-state index is 10.7. The fraction of sp³-hybridized carbons (Fsp3) is 0.333. The molecule has 1 aromatic heterocycles. The molecule has 3 N–H and O–H groups in total. The van der Waals surface area contributed by atoms with Crippen molar-refractivity contribution >= 4 is 5.97 Å². The Labute approximate surface area is 81.5 Å². The van der Waals surface area contributed by atoms with E-state index in [9.17, 15) is 4.79 Å². The lowest BCUT2D eigenvalue weighted by Crippen LogP contribution is -2.24. The quantitative estimate of drug-likeness (QED) is 0.732. The highest BCUT2D eigenvalue weighted by Crippen LogP contribution is 2.13. The summed E-state index contributed by atoms with van der Waals surface area (Å²) in [5, 5.41) is 8.78. The van der Waals surface area contributed by atoms with Gasteiger partial charge < -0.3 is 15.6 Å². The van der Waals surface area contributed by atoms with Crippen molar-refractivity contribution in [2.75, 3.05) is 6.61 Å². The van der Waals surface area contributed by atoms with Crippen LogP contribution in [0, 0.1) is 0 Å². The Bertz CT molecular complexity index is 326. The first-order chi connectivity index (χ1) is 6.61. The molecule has 0 fully saturated rings. The first kappa shape index (κ1) is 10.5. The Morgan fingerprint density at radius 1 is 1.79 bits per heavy atom. The number of rotatable bonds is 4. The summed E-state index contributed by atoms with van der Waals surface area (Å²) in [4.78, 5) is 14.5. The molecule has 1 rings (SSSR count). The number of aromatic nitrogens is 1. The van der Waals surface area contributed by atoms with Crippen molar-refractivity contribution in [1.29, 1.82) is 0 Å². The number of hydrogen-bond donors (Lipinski definition) is 2. The van der Waals surface area contributed by atoms with Crippen LogP contribution in [0.1, 0.15) is 17.3 Å². The van der Waals surface area contributed by atoms with Crippen molar-refractivity contribution in [1.82, 2.24) is 4.98 Å². The molecule has 1 atom stereocenters. The molecule has 0 aliphatic heterocycles. The molecule has 0 bridgehead atoms. The van der Waals surface area contributed by atoms with Gasteiger partial charge in [0.1, 0.15) is 12.2 Å². The molecule has 5 heteroatoms. The van der Waals surface area contributed by atoms with Crippen LogP contribution in [0.2, 0.25) is 0 Å². The van der Waals surface area contributed by atoms with Gasteiger partial charge >= 0.3 is 5.97 Å². The maximum Gasteiger partial charge on any atom is 0.341 e. The normalized spacial score (nSPS) is 12.1. The van der Waals surface area contributed by atoms with Crippen molar-refractivity contribution < 1.29 is 14.6 Å².